The van der Waals surface area contributed by atoms with Gasteiger partial charge in [-0.05, 0) is 31.2 Å². The van der Waals surface area contributed by atoms with Crippen molar-refractivity contribution in [2.75, 3.05) is 6.61 Å². The van der Waals surface area contributed by atoms with E-state index in [9.17, 15) is 22.4 Å². The fourth-order valence-corrected chi connectivity index (χ4v) is 1.68. The second kappa shape index (κ2) is 5.55. The Labute approximate surface area is 116 Å². The van der Waals surface area contributed by atoms with Crippen LogP contribution in [0.1, 0.15) is 23.0 Å². The smallest absolute Gasteiger partial charge is 0.453 e. The van der Waals surface area contributed by atoms with Crippen LogP contribution in [-0.4, -0.2) is 17.7 Å². The van der Waals surface area contributed by atoms with Crippen LogP contribution in [0.3, 0.4) is 0 Å². The second-order valence-corrected chi connectivity index (χ2v) is 3.96. The Morgan fingerprint density at radius 3 is 2.43 bits per heavy atom. The van der Waals surface area contributed by atoms with E-state index in [4.69, 9.17) is 0 Å². The fourth-order valence-electron chi connectivity index (χ4n) is 1.68. The summed E-state index contributed by atoms with van der Waals surface area (Å²) in [6.45, 7) is 1.35. The molecule has 0 saturated heterocycles. The molecule has 0 bridgehead atoms. The van der Waals surface area contributed by atoms with Gasteiger partial charge in [0.2, 0.25) is 0 Å². The average molecular weight is 303 g/mol. The number of alkyl halides is 3. The van der Waals surface area contributed by atoms with Crippen molar-refractivity contribution in [2.45, 2.75) is 13.1 Å². The first-order valence-corrected chi connectivity index (χ1v) is 5.84. The highest BCUT2D eigenvalue weighted by Gasteiger charge is 2.43. The Morgan fingerprint density at radius 1 is 1.29 bits per heavy atom. The van der Waals surface area contributed by atoms with Crippen molar-refractivity contribution < 1.29 is 31.6 Å². The van der Waals surface area contributed by atoms with Crippen molar-refractivity contribution >= 4 is 5.97 Å². The number of halogens is 4. The van der Waals surface area contributed by atoms with Gasteiger partial charge in [0.05, 0.1) is 6.61 Å². The summed E-state index contributed by atoms with van der Waals surface area (Å²) in [6, 6.07) is 4.45. The third-order valence-electron chi connectivity index (χ3n) is 2.55. The first-order valence-electron chi connectivity index (χ1n) is 5.84. The molecule has 4 nitrogen and oxygen atoms in total. The molecule has 1 aromatic carbocycles. The number of ether oxygens (including phenoxy) is 1. The molecule has 0 fully saturated rings. The van der Waals surface area contributed by atoms with E-state index in [2.05, 4.69) is 14.4 Å². The fraction of sp³-hybridized carbons (Fsp3) is 0.231. The summed E-state index contributed by atoms with van der Waals surface area (Å²) in [6.07, 6.45) is -4.90. The number of rotatable bonds is 3. The van der Waals surface area contributed by atoms with Gasteiger partial charge in [-0.3, -0.25) is 0 Å². The highest BCUT2D eigenvalue weighted by atomic mass is 19.4. The van der Waals surface area contributed by atoms with Crippen LogP contribution in [0.2, 0.25) is 0 Å². The van der Waals surface area contributed by atoms with Crippen molar-refractivity contribution in [3.63, 3.8) is 0 Å². The average Bonchev–Trinajstić information content (AvgIpc) is 2.84. The van der Waals surface area contributed by atoms with Gasteiger partial charge in [-0.2, -0.15) is 13.2 Å². The van der Waals surface area contributed by atoms with Crippen LogP contribution in [0.25, 0.3) is 11.3 Å². The molecule has 0 unspecified atom stereocenters. The van der Waals surface area contributed by atoms with E-state index in [-0.39, 0.29) is 17.9 Å². The molecule has 2 aromatic rings. The maximum Gasteiger partial charge on any atom is 0.453 e. The minimum Gasteiger partial charge on any atom is -0.462 e. The molecule has 0 aliphatic rings. The molecule has 0 aliphatic heterocycles. The molecular formula is C13H9F4NO3. The van der Waals surface area contributed by atoms with E-state index in [0.717, 1.165) is 12.1 Å². The molecule has 1 aromatic heterocycles. The SMILES string of the molecule is CCOC(=O)c1c(-c2ccc(F)cc2)noc1C(F)(F)F. The summed E-state index contributed by atoms with van der Waals surface area (Å²) >= 11 is 0. The third-order valence-corrected chi connectivity index (χ3v) is 2.55. The highest BCUT2D eigenvalue weighted by Crippen LogP contribution is 2.37. The number of carbonyl (C=O) groups excluding carboxylic acids is 1. The summed E-state index contributed by atoms with van der Waals surface area (Å²) in [4.78, 5) is 11.7. The minimum absolute atomic E-state index is 0.107. The van der Waals surface area contributed by atoms with Crippen molar-refractivity contribution in [2.24, 2.45) is 0 Å². The normalized spacial score (nSPS) is 11.5. The molecule has 0 N–H and O–H groups in total. The number of aromatic nitrogens is 1. The van der Waals surface area contributed by atoms with Gasteiger partial charge in [0, 0.05) is 5.56 Å². The Morgan fingerprint density at radius 2 is 1.90 bits per heavy atom. The molecular weight excluding hydrogens is 294 g/mol. The first-order chi connectivity index (χ1) is 9.84. The summed E-state index contributed by atoms with van der Waals surface area (Å²) in [5, 5.41) is 3.27. The number of hydrogen-bond acceptors (Lipinski definition) is 4. The van der Waals surface area contributed by atoms with Gasteiger partial charge < -0.3 is 9.26 Å². The van der Waals surface area contributed by atoms with Crippen molar-refractivity contribution in [3.05, 3.63) is 41.4 Å². The molecule has 112 valence electrons. The zero-order chi connectivity index (χ0) is 15.6. The van der Waals surface area contributed by atoms with Gasteiger partial charge in [-0.1, -0.05) is 5.16 Å². The predicted molar refractivity (Wildman–Crippen MR) is 62.9 cm³/mol. The zero-order valence-electron chi connectivity index (χ0n) is 10.7. The summed E-state index contributed by atoms with van der Waals surface area (Å²) < 4.78 is 60.2. The predicted octanol–water partition coefficient (Wildman–Crippen LogP) is 3.68. The molecule has 2 rings (SSSR count). The van der Waals surface area contributed by atoms with Crippen molar-refractivity contribution in [1.82, 2.24) is 5.16 Å². The largest absolute Gasteiger partial charge is 0.462 e. The maximum absolute atomic E-state index is 12.9. The van der Waals surface area contributed by atoms with Crippen LogP contribution in [0.15, 0.2) is 28.8 Å². The molecule has 0 aliphatic carbocycles. The standard InChI is InChI=1S/C13H9F4NO3/c1-2-20-12(19)9-10(7-3-5-8(14)6-4-7)18-21-11(9)13(15,16)17/h3-6H,2H2,1H3. The van der Waals surface area contributed by atoms with E-state index in [1.807, 2.05) is 0 Å². The molecule has 0 atom stereocenters. The van der Waals surface area contributed by atoms with Crippen LogP contribution < -0.4 is 0 Å². The number of nitrogens with zero attached hydrogens (tertiary/aromatic N) is 1. The van der Waals surface area contributed by atoms with Gasteiger partial charge in [0.15, 0.2) is 0 Å². The number of benzene rings is 1. The third kappa shape index (κ3) is 3.04. The van der Waals surface area contributed by atoms with E-state index in [1.54, 1.807) is 0 Å². The summed E-state index contributed by atoms with van der Waals surface area (Å²) in [7, 11) is 0. The van der Waals surface area contributed by atoms with Gasteiger partial charge in [-0.25, -0.2) is 9.18 Å². The van der Waals surface area contributed by atoms with E-state index < -0.39 is 29.3 Å². The quantitative estimate of drug-likeness (QED) is 0.641. The minimum atomic E-state index is -4.90. The Kier molecular flexibility index (Phi) is 3.97. The molecule has 1 heterocycles. The number of hydrogen-bond donors (Lipinski definition) is 0. The molecule has 21 heavy (non-hydrogen) atoms. The Bertz CT molecular complexity index is 646. The van der Waals surface area contributed by atoms with E-state index in [0.29, 0.717) is 0 Å². The second-order valence-electron chi connectivity index (χ2n) is 3.96. The lowest BCUT2D eigenvalue weighted by Crippen LogP contribution is -2.13. The maximum atomic E-state index is 12.9. The lowest BCUT2D eigenvalue weighted by atomic mass is 10.1. The van der Waals surface area contributed by atoms with E-state index >= 15 is 0 Å². The van der Waals surface area contributed by atoms with Gasteiger partial charge in [0.25, 0.3) is 5.76 Å². The van der Waals surface area contributed by atoms with Gasteiger partial charge in [0.1, 0.15) is 17.1 Å². The summed E-state index contributed by atoms with van der Waals surface area (Å²) in [5.41, 5.74) is -1.06. The molecule has 0 radical (unpaired) electrons. The highest BCUT2D eigenvalue weighted by molar-refractivity contribution is 5.97. The Balaban J connectivity index is 2.58. The van der Waals surface area contributed by atoms with Crippen LogP contribution >= 0.6 is 0 Å². The van der Waals surface area contributed by atoms with Crippen molar-refractivity contribution in [3.8, 4) is 11.3 Å². The molecule has 8 heteroatoms. The monoisotopic (exact) mass is 303 g/mol. The number of esters is 1. The van der Waals surface area contributed by atoms with Crippen LogP contribution in [0.5, 0.6) is 0 Å². The van der Waals surface area contributed by atoms with Crippen LogP contribution in [0, 0.1) is 5.82 Å². The van der Waals surface area contributed by atoms with E-state index in [1.165, 1.54) is 19.1 Å². The zero-order valence-corrected chi connectivity index (χ0v) is 10.7. The lowest BCUT2D eigenvalue weighted by molar-refractivity contribution is -0.156. The van der Waals surface area contributed by atoms with Crippen molar-refractivity contribution in [1.29, 1.82) is 0 Å². The molecule has 0 amide bonds. The number of carbonyl (C=O) groups is 1. The van der Waals surface area contributed by atoms with Crippen LogP contribution in [-0.2, 0) is 10.9 Å². The Hall–Kier alpha value is -2.38. The van der Waals surface area contributed by atoms with Gasteiger partial charge >= 0.3 is 12.1 Å². The molecule has 0 spiro atoms. The summed E-state index contributed by atoms with van der Waals surface area (Å²) in [5.74, 6) is -3.32. The van der Waals surface area contributed by atoms with Crippen LogP contribution in [0.4, 0.5) is 17.6 Å². The first kappa shape index (κ1) is 15.0. The topological polar surface area (TPSA) is 52.3 Å². The molecule has 0 saturated carbocycles. The lowest BCUT2D eigenvalue weighted by Gasteiger charge is -2.06. The van der Waals surface area contributed by atoms with Gasteiger partial charge in [-0.15, -0.1) is 0 Å².